The smallest absolute Gasteiger partial charge is 0.243 e. The fraction of sp³-hybridized carbons (Fsp3) is 0.688. The fourth-order valence-corrected chi connectivity index (χ4v) is 2.60. The zero-order valence-electron chi connectivity index (χ0n) is 14.4. The Hall–Kier alpha value is -2.09. The van der Waals surface area contributed by atoms with Gasteiger partial charge < -0.3 is 19.6 Å². The van der Waals surface area contributed by atoms with Crippen LogP contribution >= 0.6 is 0 Å². The maximum Gasteiger partial charge on any atom is 0.243 e. The molecule has 24 heavy (non-hydrogen) atoms. The molecule has 1 aliphatic carbocycles. The number of piperazine rings is 1. The standard InChI is InChI=1S/C16H26N6O2/c1-20(2)15(23)11-17-16(18-13-3-4-13)22-8-6-21(7-9-22)12-14-5-10-24-19-14/h5,10,13H,3-4,6-9,11-12H2,1-2H3,(H,17,18). The van der Waals surface area contributed by atoms with Gasteiger partial charge in [0.05, 0.1) is 5.69 Å². The molecule has 2 aliphatic rings. The molecule has 8 nitrogen and oxygen atoms in total. The van der Waals surface area contributed by atoms with E-state index in [1.54, 1.807) is 25.3 Å². The van der Waals surface area contributed by atoms with Gasteiger partial charge in [0.15, 0.2) is 5.96 Å². The molecular formula is C16H26N6O2. The van der Waals surface area contributed by atoms with Gasteiger partial charge in [-0.15, -0.1) is 0 Å². The fourth-order valence-electron chi connectivity index (χ4n) is 2.60. The third kappa shape index (κ3) is 4.70. The lowest BCUT2D eigenvalue weighted by atomic mass is 10.3. The average Bonchev–Trinajstić information content (AvgIpc) is 3.25. The van der Waals surface area contributed by atoms with E-state index in [0.717, 1.165) is 44.4 Å². The molecule has 132 valence electrons. The molecule has 1 aliphatic heterocycles. The van der Waals surface area contributed by atoms with Crippen molar-refractivity contribution in [3.05, 3.63) is 18.0 Å². The molecule has 0 bridgehead atoms. The Bertz CT molecular complexity index is 559. The summed E-state index contributed by atoms with van der Waals surface area (Å²) in [6.07, 6.45) is 3.98. The van der Waals surface area contributed by atoms with Gasteiger partial charge in [-0.1, -0.05) is 5.16 Å². The Labute approximate surface area is 142 Å². The van der Waals surface area contributed by atoms with Crippen LogP contribution in [0.1, 0.15) is 18.5 Å². The van der Waals surface area contributed by atoms with Gasteiger partial charge in [-0.3, -0.25) is 9.69 Å². The molecule has 8 heteroatoms. The van der Waals surface area contributed by atoms with E-state index in [0.29, 0.717) is 6.04 Å². The second-order valence-corrected chi connectivity index (χ2v) is 6.60. The maximum atomic E-state index is 11.8. The second kappa shape index (κ2) is 7.65. The highest BCUT2D eigenvalue weighted by atomic mass is 16.5. The lowest BCUT2D eigenvalue weighted by molar-refractivity contribution is -0.127. The maximum absolute atomic E-state index is 11.8. The van der Waals surface area contributed by atoms with Crippen molar-refractivity contribution < 1.29 is 9.32 Å². The van der Waals surface area contributed by atoms with E-state index in [1.165, 1.54) is 12.8 Å². The predicted octanol–water partition coefficient (Wildman–Crippen LogP) is -0.0116. The van der Waals surface area contributed by atoms with Crippen molar-refractivity contribution in [3.63, 3.8) is 0 Å². The molecule has 2 heterocycles. The van der Waals surface area contributed by atoms with E-state index in [1.807, 2.05) is 6.07 Å². The molecule has 1 N–H and O–H groups in total. The number of rotatable bonds is 5. The monoisotopic (exact) mass is 334 g/mol. The lowest BCUT2D eigenvalue weighted by Gasteiger charge is -2.36. The van der Waals surface area contributed by atoms with Crippen LogP contribution in [0, 0.1) is 0 Å². The zero-order chi connectivity index (χ0) is 16.9. The molecule has 0 atom stereocenters. The second-order valence-electron chi connectivity index (χ2n) is 6.60. The number of nitrogens with one attached hydrogen (secondary N) is 1. The quantitative estimate of drug-likeness (QED) is 0.603. The van der Waals surface area contributed by atoms with Crippen LogP contribution in [-0.4, -0.2) is 84.6 Å². The van der Waals surface area contributed by atoms with Crippen LogP contribution in [0.15, 0.2) is 21.8 Å². The van der Waals surface area contributed by atoms with Crippen LogP contribution in [-0.2, 0) is 11.3 Å². The highest BCUT2D eigenvalue weighted by Gasteiger charge is 2.27. The SMILES string of the molecule is CN(C)C(=O)CN=C(NC1CC1)N1CCN(Cc2ccon2)CC1. The van der Waals surface area contributed by atoms with E-state index in [2.05, 4.69) is 25.3 Å². The van der Waals surface area contributed by atoms with E-state index < -0.39 is 0 Å². The van der Waals surface area contributed by atoms with Crippen LogP contribution < -0.4 is 5.32 Å². The first-order valence-corrected chi connectivity index (χ1v) is 8.49. The predicted molar refractivity (Wildman–Crippen MR) is 90.5 cm³/mol. The Kier molecular flexibility index (Phi) is 5.34. The summed E-state index contributed by atoms with van der Waals surface area (Å²) >= 11 is 0. The number of aliphatic imine (C=N–C) groups is 1. The van der Waals surface area contributed by atoms with Crippen molar-refractivity contribution in [1.82, 2.24) is 25.2 Å². The average molecular weight is 334 g/mol. The van der Waals surface area contributed by atoms with Gasteiger partial charge in [0.25, 0.3) is 0 Å². The van der Waals surface area contributed by atoms with Crippen molar-refractivity contribution in [2.45, 2.75) is 25.4 Å². The number of hydrogen-bond donors (Lipinski definition) is 1. The molecule has 2 fully saturated rings. The minimum Gasteiger partial charge on any atom is -0.364 e. The van der Waals surface area contributed by atoms with E-state index >= 15 is 0 Å². The van der Waals surface area contributed by atoms with Crippen molar-refractivity contribution in [2.75, 3.05) is 46.8 Å². The van der Waals surface area contributed by atoms with Crippen molar-refractivity contribution in [1.29, 1.82) is 0 Å². The molecular weight excluding hydrogens is 308 g/mol. The van der Waals surface area contributed by atoms with E-state index in [9.17, 15) is 4.79 Å². The third-order valence-electron chi connectivity index (χ3n) is 4.32. The molecule has 0 radical (unpaired) electrons. The number of hydrogen-bond acceptors (Lipinski definition) is 5. The Balaban J connectivity index is 1.53. The number of amides is 1. The number of nitrogens with zero attached hydrogens (tertiary/aromatic N) is 5. The largest absolute Gasteiger partial charge is 0.364 e. The van der Waals surface area contributed by atoms with Gasteiger partial charge >= 0.3 is 0 Å². The van der Waals surface area contributed by atoms with E-state index in [4.69, 9.17) is 4.52 Å². The number of carbonyl (C=O) groups is 1. The number of carbonyl (C=O) groups excluding carboxylic acids is 1. The van der Waals surface area contributed by atoms with Crippen molar-refractivity contribution in [2.24, 2.45) is 4.99 Å². The normalized spacial score (nSPS) is 19.4. The van der Waals surface area contributed by atoms with Crippen molar-refractivity contribution >= 4 is 11.9 Å². The number of likely N-dealkylation sites (N-methyl/N-ethyl adjacent to an activating group) is 1. The summed E-state index contributed by atoms with van der Waals surface area (Å²) in [6, 6.07) is 2.42. The van der Waals surface area contributed by atoms with Crippen LogP contribution in [0.3, 0.4) is 0 Å². The van der Waals surface area contributed by atoms with E-state index in [-0.39, 0.29) is 12.5 Å². The van der Waals surface area contributed by atoms with Gasteiger partial charge in [0, 0.05) is 58.9 Å². The van der Waals surface area contributed by atoms with Gasteiger partial charge in [-0.25, -0.2) is 4.99 Å². The van der Waals surface area contributed by atoms with Crippen LogP contribution in [0.4, 0.5) is 0 Å². The zero-order valence-corrected chi connectivity index (χ0v) is 14.4. The molecule has 0 unspecified atom stereocenters. The summed E-state index contributed by atoms with van der Waals surface area (Å²) in [6.45, 7) is 4.69. The Morgan fingerprint density at radius 2 is 2.12 bits per heavy atom. The van der Waals surface area contributed by atoms with Gasteiger partial charge in [0.1, 0.15) is 12.8 Å². The first-order valence-electron chi connectivity index (χ1n) is 8.49. The number of guanidine groups is 1. The molecule has 1 saturated heterocycles. The topological polar surface area (TPSA) is 77.2 Å². The minimum atomic E-state index is 0.0229. The summed E-state index contributed by atoms with van der Waals surface area (Å²) in [5.74, 6) is 0.892. The first-order chi connectivity index (χ1) is 11.6. The molecule has 0 aromatic carbocycles. The highest BCUT2D eigenvalue weighted by molar-refractivity contribution is 5.85. The lowest BCUT2D eigenvalue weighted by Crippen LogP contribution is -2.52. The summed E-state index contributed by atoms with van der Waals surface area (Å²) in [5.41, 5.74) is 0.963. The summed E-state index contributed by atoms with van der Waals surface area (Å²) in [4.78, 5) is 22.5. The Morgan fingerprint density at radius 1 is 1.38 bits per heavy atom. The summed E-state index contributed by atoms with van der Waals surface area (Å²) in [5, 5.41) is 7.44. The molecule has 1 saturated carbocycles. The molecule has 1 amide bonds. The van der Waals surface area contributed by atoms with Crippen LogP contribution in [0.5, 0.6) is 0 Å². The van der Waals surface area contributed by atoms with Gasteiger partial charge in [-0.2, -0.15) is 0 Å². The first kappa shape index (κ1) is 16.8. The molecule has 1 aromatic heterocycles. The third-order valence-corrected chi connectivity index (χ3v) is 4.32. The molecule has 1 aromatic rings. The highest BCUT2D eigenvalue weighted by Crippen LogP contribution is 2.19. The Morgan fingerprint density at radius 3 is 2.71 bits per heavy atom. The minimum absolute atomic E-state index is 0.0229. The summed E-state index contributed by atoms with van der Waals surface area (Å²) in [7, 11) is 3.52. The summed E-state index contributed by atoms with van der Waals surface area (Å²) < 4.78 is 4.89. The van der Waals surface area contributed by atoms with Gasteiger partial charge in [-0.05, 0) is 12.8 Å². The molecule has 3 rings (SSSR count). The number of aromatic nitrogens is 1. The molecule has 0 spiro atoms. The van der Waals surface area contributed by atoms with Crippen LogP contribution in [0.2, 0.25) is 0 Å². The van der Waals surface area contributed by atoms with Gasteiger partial charge in [0.2, 0.25) is 5.91 Å². The van der Waals surface area contributed by atoms with Crippen molar-refractivity contribution in [3.8, 4) is 0 Å². The van der Waals surface area contributed by atoms with Crippen LogP contribution in [0.25, 0.3) is 0 Å².